The van der Waals surface area contributed by atoms with Crippen LogP contribution < -0.4 is 86.6 Å². The molecule has 83 heavy (non-hydrogen) atoms. The lowest BCUT2D eigenvalue weighted by Gasteiger charge is -2.37. The summed E-state index contributed by atoms with van der Waals surface area (Å²) in [6, 6.07) is 69.6. The molecule has 14 heteroatoms. The van der Waals surface area contributed by atoms with Gasteiger partial charge in [-0.3, -0.25) is 0 Å². The van der Waals surface area contributed by atoms with E-state index in [0.717, 1.165) is 124 Å². The Balaban J connectivity index is 0.000000107. The molecule has 0 spiro atoms. The van der Waals surface area contributed by atoms with Gasteiger partial charge < -0.3 is 37.9 Å². The molecule has 0 radical (unpaired) electrons. The lowest BCUT2D eigenvalue weighted by Crippen LogP contribution is -2.57. The number of para-hydroxylation sites is 3. The quantitative estimate of drug-likeness (QED) is 0.127. The van der Waals surface area contributed by atoms with Crippen molar-refractivity contribution in [3.05, 3.63) is 245 Å². The SMILES string of the molecule is Cc1cccc(Oc2cc3c4c(c2)Oc2cc(C)ccc2B4c2ccc(C)cc2O3)c1.S=P12c3ccc(Cl)cc3Oc3cccc(c31)Oc1cc(Cl)ccc12.c1ccc(Oc2cc3c4c(c2)Oc2ccccc2B4c2ccccc2O3)cc1. The zero-order valence-corrected chi connectivity index (χ0v) is 48.0. The monoisotopic (exact) mass is 1160 g/mol. The van der Waals surface area contributed by atoms with E-state index in [1.807, 2.05) is 152 Å². The van der Waals surface area contributed by atoms with Crippen molar-refractivity contribution in [2.24, 2.45) is 0 Å². The minimum absolute atomic E-state index is 0.0757. The Hall–Kier alpha value is -8.82. The highest BCUT2D eigenvalue weighted by Gasteiger charge is 2.44. The van der Waals surface area contributed by atoms with Crippen LogP contribution in [0.5, 0.6) is 92.0 Å². The summed E-state index contributed by atoms with van der Waals surface area (Å²) in [4.78, 5) is 0. The van der Waals surface area contributed by atoms with Gasteiger partial charge in [-0.1, -0.05) is 132 Å². The standard InChI is InChI=1S/C27H21BO3.C24H15BO3.C18H9Cl2O2PS/c1-16-5-4-6-19(11-16)29-20-14-25-27-26(15-20)31-24-13-18(3)8-10-22(24)28(27)21-9-7-17(2)12-23(21)30-25;1-2-8-16(9-3-1)26-17-14-22-24-23(15-17)28-21-13-7-5-11-19(21)25(24)18-10-4-6-12-20(18)27-22;19-10-4-6-16-14(8-10)21-12-2-1-3-13-18(12)23(16,24)17-7-5-11(20)9-15(17)22-13/h4-15H,1-3H3;1-15H;1-9H. The Bertz CT molecular complexity index is 4330. The van der Waals surface area contributed by atoms with Gasteiger partial charge in [0.2, 0.25) is 0 Å². The van der Waals surface area contributed by atoms with E-state index in [-0.39, 0.29) is 13.4 Å². The Labute approximate surface area is 495 Å². The second-order valence-corrected chi connectivity index (χ2v) is 26.2. The fourth-order valence-corrected chi connectivity index (χ4v) is 16.6. The molecular weight excluding hydrogens is 1110 g/mol. The van der Waals surface area contributed by atoms with Gasteiger partial charge in [-0.2, -0.15) is 0 Å². The molecular formula is C69H45B2Cl2O8PS. The summed E-state index contributed by atoms with van der Waals surface area (Å²) in [6.45, 7) is 6.39. The molecule has 0 fully saturated rings. The molecule has 6 aliphatic rings. The molecule has 6 aliphatic heterocycles. The molecule has 400 valence electrons. The van der Waals surface area contributed by atoms with Crippen molar-refractivity contribution in [2.75, 3.05) is 0 Å². The number of benzene rings is 11. The van der Waals surface area contributed by atoms with Crippen molar-refractivity contribution in [1.29, 1.82) is 0 Å². The van der Waals surface area contributed by atoms with Crippen LogP contribution in [0.3, 0.4) is 0 Å². The molecule has 0 saturated carbocycles. The maximum absolute atomic E-state index is 6.39. The molecule has 17 rings (SSSR count). The third-order valence-electron chi connectivity index (χ3n) is 15.5. The molecule has 6 heterocycles. The summed E-state index contributed by atoms with van der Waals surface area (Å²) < 4.78 is 49.7. The van der Waals surface area contributed by atoms with E-state index in [0.29, 0.717) is 21.5 Å². The first-order valence-corrected chi connectivity index (χ1v) is 30.7. The van der Waals surface area contributed by atoms with Gasteiger partial charge in [0, 0.05) is 68.0 Å². The van der Waals surface area contributed by atoms with Crippen LogP contribution in [0.15, 0.2) is 218 Å². The Morgan fingerprint density at radius 3 is 1.23 bits per heavy atom. The third kappa shape index (κ3) is 8.98. The maximum Gasteiger partial charge on any atom is 0.260 e. The van der Waals surface area contributed by atoms with Crippen molar-refractivity contribution in [1.82, 2.24) is 0 Å². The highest BCUT2D eigenvalue weighted by atomic mass is 35.5. The summed E-state index contributed by atoms with van der Waals surface area (Å²) in [5.41, 5.74) is 10.3. The third-order valence-corrected chi connectivity index (χ3v) is 20.8. The zero-order valence-electron chi connectivity index (χ0n) is 44.8. The average molecular weight is 1160 g/mol. The van der Waals surface area contributed by atoms with Crippen molar-refractivity contribution < 1.29 is 37.9 Å². The van der Waals surface area contributed by atoms with Crippen molar-refractivity contribution in [3.8, 4) is 92.0 Å². The van der Waals surface area contributed by atoms with E-state index in [2.05, 4.69) is 87.5 Å². The van der Waals surface area contributed by atoms with Crippen molar-refractivity contribution in [2.45, 2.75) is 20.8 Å². The maximum atomic E-state index is 6.39. The van der Waals surface area contributed by atoms with Crippen LogP contribution in [0.4, 0.5) is 0 Å². The van der Waals surface area contributed by atoms with E-state index >= 15 is 0 Å². The molecule has 8 nitrogen and oxygen atoms in total. The Kier molecular flexibility index (Phi) is 12.5. The molecule has 0 amide bonds. The largest absolute Gasteiger partial charge is 0.458 e. The van der Waals surface area contributed by atoms with Crippen LogP contribution in [-0.4, -0.2) is 13.4 Å². The van der Waals surface area contributed by atoms with E-state index < -0.39 is 6.04 Å². The van der Waals surface area contributed by atoms with Gasteiger partial charge in [0.1, 0.15) is 92.0 Å². The molecule has 0 bridgehead atoms. The van der Waals surface area contributed by atoms with Gasteiger partial charge in [0.05, 0.1) is 11.3 Å². The normalized spacial score (nSPS) is 13.6. The minimum Gasteiger partial charge on any atom is -0.458 e. The first kappa shape index (κ1) is 51.1. The first-order valence-electron chi connectivity index (χ1n) is 27.1. The molecule has 11 aromatic rings. The van der Waals surface area contributed by atoms with Crippen LogP contribution in [0.25, 0.3) is 0 Å². The smallest absolute Gasteiger partial charge is 0.260 e. The van der Waals surface area contributed by atoms with Gasteiger partial charge >= 0.3 is 0 Å². The zero-order chi connectivity index (χ0) is 56.1. The molecule has 0 aromatic heterocycles. The highest BCUT2D eigenvalue weighted by Crippen LogP contribution is 2.59. The predicted molar refractivity (Wildman–Crippen MR) is 338 cm³/mol. The Morgan fingerprint density at radius 2 is 0.723 bits per heavy atom. The second-order valence-electron chi connectivity index (χ2n) is 21.1. The first-order chi connectivity index (χ1) is 40.5. The molecule has 0 N–H and O–H groups in total. The van der Waals surface area contributed by atoms with Crippen LogP contribution in [-0.2, 0) is 11.8 Å². The van der Waals surface area contributed by atoms with E-state index in [9.17, 15) is 0 Å². The van der Waals surface area contributed by atoms with E-state index in [1.54, 1.807) is 0 Å². The van der Waals surface area contributed by atoms with Crippen LogP contribution in [0, 0.1) is 20.8 Å². The predicted octanol–water partition coefficient (Wildman–Crippen LogP) is 14.3. The van der Waals surface area contributed by atoms with E-state index in [4.69, 9.17) is 72.9 Å². The number of fused-ring (bicyclic) bond motifs is 12. The van der Waals surface area contributed by atoms with Gasteiger partial charge in [0.15, 0.2) is 0 Å². The highest BCUT2D eigenvalue weighted by molar-refractivity contribution is 8.26. The van der Waals surface area contributed by atoms with Crippen molar-refractivity contribution >= 4 is 103 Å². The molecule has 11 aromatic carbocycles. The van der Waals surface area contributed by atoms with Crippen LogP contribution in [0.1, 0.15) is 16.7 Å². The number of halogens is 2. The van der Waals surface area contributed by atoms with Gasteiger partial charge in [0.25, 0.3) is 13.4 Å². The minimum atomic E-state index is -2.29. The number of rotatable bonds is 4. The van der Waals surface area contributed by atoms with Gasteiger partial charge in [-0.15, -0.1) is 0 Å². The van der Waals surface area contributed by atoms with E-state index in [1.165, 1.54) is 22.1 Å². The lowest BCUT2D eigenvalue weighted by atomic mass is 9.35. The number of hydrogen-bond donors (Lipinski definition) is 0. The Morgan fingerprint density at radius 1 is 0.325 bits per heavy atom. The van der Waals surface area contributed by atoms with Gasteiger partial charge in [-0.25, -0.2) is 0 Å². The summed E-state index contributed by atoms with van der Waals surface area (Å²) >= 11 is 18.6. The lowest BCUT2D eigenvalue weighted by molar-refractivity contribution is 0.442. The second kappa shape index (κ2) is 20.3. The fourth-order valence-electron chi connectivity index (χ4n) is 11.9. The van der Waals surface area contributed by atoms with Gasteiger partial charge in [-0.05, 0) is 144 Å². The molecule has 0 unspecified atom stereocenters. The molecule has 0 saturated heterocycles. The summed E-state index contributed by atoms with van der Waals surface area (Å²) in [6.07, 6.45) is 0. The summed E-state index contributed by atoms with van der Waals surface area (Å²) in [5, 5.41) is 4.20. The summed E-state index contributed by atoms with van der Waals surface area (Å²) in [7, 11) is 0. The molecule has 0 atom stereocenters. The van der Waals surface area contributed by atoms with Crippen LogP contribution in [0.2, 0.25) is 10.0 Å². The summed E-state index contributed by atoms with van der Waals surface area (Å²) in [5.74, 6) is 12.6. The number of aryl methyl sites for hydroxylation is 3. The van der Waals surface area contributed by atoms with Crippen molar-refractivity contribution in [3.63, 3.8) is 0 Å². The average Bonchev–Trinajstić information content (AvgIpc) is 2.86. The topological polar surface area (TPSA) is 73.8 Å². The molecule has 0 aliphatic carbocycles. The number of hydrogen-bond acceptors (Lipinski definition) is 9. The fraction of sp³-hybridized carbons (Fsp3) is 0.0435. The van der Waals surface area contributed by atoms with Crippen LogP contribution >= 0.6 is 29.2 Å². The number of ether oxygens (including phenoxy) is 8.